The average molecular weight is 400 g/mol. The first-order valence-corrected chi connectivity index (χ1v) is 9.98. The van der Waals surface area contributed by atoms with Crippen molar-refractivity contribution in [2.24, 2.45) is 11.1 Å². The molecule has 1 saturated carbocycles. The number of carboxylic acid groups (broad SMARTS) is 1. The molecule has 1 fully saturated rings. The van der Waals surface area contributed by atoms with Crippen molar-refractivity contribution >= 4 is 17.4 Å². The van der Waals surface area contributed by atoms with Crippen molar-refractivity contribution in [1.29, 1.82) is 0 Å². The molecule has 3 aromatic carbocycles. The van der Waals surface area contributed by atoms with Crippen LogP contribution < -0.4 is 5.32 Å². The lowest BCUT2D eigenvalue weighted by Crippen LogP contribution is -2.06. The Morgan fingerprint density at radius 1 is 1.03 bits per heavy atom. The number of rotatable bonds is 8. The van der Waals surface area contributed by atoms with Gasteiger partial charge in [-0.1, -0.05) is 65.8 Å². The van der Waals surface area contributed by atoms with Crippen LogP contribution in [0.2, 0.25) is 0 Å². The highest BCUT2D eigenvalue weighted by atomic mass is 16.6. The molecule has 0 unspecified atom stereocenters. The molecule has 2 atom stereocenters. The topological polar surface area (TPSA) is 70.9 Å². The number of aliphatic carboxylic acids is 1. The highest BCUT2D eigenvalue weighted by Crippen LogP contribution is 2.47. The monoisotopic (exact) mass is 400 g/mol. The fraction of sp³-hybridized carbons (Fsp3) is 0.200. The first-order chi connectivity index (χ1) is 14.7. The van der Waals surface area contributed by atoms with Crippen molar-refractivity contribution < 1.29 is 14.7 Å². The standard InChI is InChI=1S/C25H24N2O3/c1-30-27-24(19-7-3-2-4-8-19)20-9-5-6-17(14-20)16-26-21-12-10-18(11-13-21)22-15-23(22)25(28)29/h2-14,22-23,26H,15-16H2,1H3,(H,28,29)/t22-,23+/m0/s1. The fourth-order valence-electron chi connectivity index (χ4n) is 3.68. The molecule has 152 valence electrons. The van der Waals surface area contributed by atoms with Gasteiger partial charge in [-0.05, 0) is 41.7 Å². The minimum absolute atomic E-state index is 0.157. The molecule has 0 radical (unpaired) electrons. The summed E-state index contributed by atoms with van der Waals surface area (Å²) in [5, 5.41) is 16.8. The second kappa shape index (κ2) is 8.82. The van der Waals surface area contributed by atoms with Crippen LogP contribution in [0.4, 0.5) is 5.69 Å². The van der Waals surface area contributed by atoms with E-state index in [1.807, 2.05) is 66.7 Å². The third-order valence-corrected chi connectivity index (χ3v) is 5.37. The molecule has 3 aromatic rings. The van der Waals surface area contributed by atoms with Gasteiger partial charge in [0.05, 0.1) is 5.92 Å². The summed E-state index contributed by atoms with van der Waals surface area (Å²) in [4.78, 5) is 16.1. The SMILES string of the molecule is CON=C(c1ccccc1)c1cccc(CNc2ccc([C@@H]3C[C@H]3C(=O)O)cc2)c1. The normalized spacial score (nSPS) is 18.0. The molecule has 1 aliphatic carbocycles. The lowest BCUT2D eigenvalue weighted by atomic mass is 10.0. The number of oxime groups is 1. The lowest BCUT2D eigenvalue weighted by Gasteiger charge is -2.11. The van der Waals surface area contributed by atoms with Crippen LogP contribution in [0.15, 0.2) is 84.0 Å². The molecule has 0 aromatic heterocycles. The fourth-order valence-corrected chi connectivity index (χ4v) is 3.68. The number of carboxylic acids is 1. The van der Waals surface area contributed by atoms with E-state index in [1.54, 1.807) is 7.11 Å². The maximum Gasteiger partial charge on any atom is 0.307 e. The van der Waals surface area contributed by atoms with Crippen molar-refractivity contribution in [3.05, 3.63) is 101 Å². The van der Waals surface area contributed by atoms with Crippen LogP contribution >= 0.6 is 0 Å². The minimum Gasteiger partial charge on any atom is -0.481 e. The molecule has 0 bridgehead atoms. The van der Waals surface area contributed by atoms with E-state index in [1.165, 1.54) is 0 Å². The van der Waals surface area contributed by atoms with Gasteiger partial charge in [0.2, 0.25) is 0 Å². The smallest absolute Gasteiger partial charge is 0.307 e. The molecule has 0 saturated heterocycles. The first kappa shape index (κ1) is 19.7. The number of nitrogens with zero attached hydrogens (tertiary/aromatic N) is 1. The van der Waals surface area contributed by atoms with Crippen LogP contribution in [0.25, 0.3) is 0 Å². The number of benzene rings is 3. The van der Waals surface area contributed by atoms with E-state index >= 15 is 0 Å². The van der Waals surface area contributed by atoms with Crippen molar-refractivity contribution in [1.82, 2.24) is 0 Å². The molecular formula is C25H24N2O3. The van der Waals surface area contributed by atoms with E-state index in [-0.39, 0.29) is 11.8 Å². The largest absolute Gasteiger partial charge is 0.481 e. The van der Waals surface area contributed by atoms with E-state index in [0.29, 0.717) is 6.54 Å². The van der Waals surface area contributed by atoms with E-state index in [4.69, 9.17) is 9.94 Å². The van der Waals surface area contributed by atoms with Gasteiger partial charge < -0.3 is 15.3 Å². The molecule has 4 rings (SSSR count). The van der Waals surface area contributed by atoms with Crippen LogP contribution in [-0.4, -0.2) is 23.9 Å². The molecule has 30 heavy (non-hydrogen) atoms. The summed E-state index contributed by atoms with van der Waals surface area (Å²) >= 11 is 0. The summed E-state index contributed by atoms with van der Waals surface area (Å²) in [6.45, 7) is 0.670. The van der Waals surface area contributed by atoms with E-state index in [0.717, 1.165) is 40.1 Å². The summed E-state index contributed by atoms with van der Waals surface area (Å²) in [6, 6.07) is 26.2. The Hall–Kier alpha value is -3.60. The number of carbonyl (C=O) groups is 1. The highest BCUT2D eigenvalue weighted by Gasteiger charge is 2.43. The number of anilines is 1. The Kier molecular flexibility index (Phi) is 5.80. The van der Waals surface area contributed by atoms with Gasteiger partial charge in [-0.3, -0.25) is 4.79 Å². The number of nitrogens with one attached hydrogen (secondary N) is 1. The highest BCUT2D eigenvalue weighted by molar-refractivity contribution is 6.12. The van der Waals surface area contributed by atoms with Gasteiger partial charge in [-0.2, -0.15) is 0 Å². The Labute approximate surface area is 176 Å². The molecule has 2 N–H and O–H groups in total. The lowest BCUT2D eigenvalue weighted by molar-refractivity contribution is -0.138. The summed E-state index contributed by atoms with van der Waals surface area (Å²) in [5.74, 6) is -0.766. The van der Waals surface area contributed by atoms with E-state index in [2.05, 4.69) is 22.6 Å². The summed E-state index contributed by atoms with van der Waals surface area (Å²) in [5.41, 5.74) is 6.01. The molecule has 1 aliphatic rings. The predicted octanol–water partition coefficient (Wildman–Crippen LogP) is 4.89. The van der Waals surface area contributed by atoms with Gasteiger partial charge in [0.25, 0.3) is 0 Å². The Morgan fingerprint density at radius 2 is 1.77 bits per heavy atom. The molecule has 0 amide bonds. The van der Waals surface area contributed by atoms with Crippen molar-refractivity contribution in [3.63, 3.8) is 0 Å². The first-order valence-electron chi connectivity index (χ1n) is 9.98. The van der Waals surface area contributed by atoms with Gasteiger partial charge in [0, 0.05) is 23.4 Å². The molecular weight excluding hydrogens is 376 g/mol. The van der Waals surface area contributed by atoms with Gasteiger partial charge in [-0.25, -0.2) is 0 Å². The zero-order valence-corrected chi connectivity index (χ0v) is 16.8. The van der Waals surface area contributed by atoms with Crippen LogP contribution in [0.5, 0.6) is 0 Å². The minimum atomic E-state index is -0.700. The summed E-state index contributed by atoms with van der Waals surface area (Å²) in [7, 11) is 1.55. The maximum absolute atomic E-state index is 11.1. The van der Waals surface area contributed by atoms with Gasteiger partial charge in [0.15, 0.2) is 0 Å². The zero-order valence-electron chi connectivity index (χ0n) is 16.8. The van der Waals surface area contributed by atoms with Crippen LogP contribution in [-0.2, 0) is 16.2 Å². The van der Waals surface area contributed by atoms with E-state index < -0.39 is 5.97 Å². The summed E-state index contributed by atoms with van der Waals surface area (Å²) < 4.78 is 0. The molecule has 0 aliphatic heterocycles. The summed E-state index contributed by atoms with van der Waals surface area (Å²) in [6.07, 6.45) is 0.738. The molecule has 5 nitrogen and oxygen atoms in total. The van der Waals surface area contributed by atoms with Crippen LogP contribution in [0.1, 0.15) is 34.6 Å². The van der Waals surface area contributed by atoms with Crippen LogP contribution in [0.3, 0.4) is 0 Å². The average Bonchev–Trinajstić information content (AvgIpc) is 3.59. The van der Waals surface area contributed by atoms with Crippen molar-refractivity contribution in [2.45, 2.75) is 18.9 Å². The number of hydrogen-bond acceptors (Lipinski definition) is 4. The van der Waals surface area contributed by atoms with Crippen molar-refractivity contribution in [3.8, 4) is 0 Å². The number of hydrogen-bond donors (Lipinski definition) is 2. The predicted molar refractivity (Wildman–Crippen MR) is 118 cm³/mol. The quantitative estimate of drug-likeness (QED) is 0.417. The van der Waals surface area contributed by atoms with Crippen LogP contribution in [0, 0.1) is 5.92 Å². The van der Waals surface area contributed by atoms with Gasteiger partial charge >= 0.3 is 5.97 Å². The van der Waals surface area contributed by atoms with Gasteiger partial charge in [-0.15, -0.1) is 0 Å². The third kappa shape index (κ3) is 4.51. The molecule has 5 heteroatoms. The second-order valence-electron chi connectivity index (χ2n) is 7.45. The Balaban J connectivity index is 1.43. The maximum atomic E-state index is 11.1. The Bertz CT molecular complexity index is 1050. The van der Waals surface area contributed by atoms with E-state index in [9.17, 15) is 4.79 Å². The van der Waals surface area contributed by atoms with Crippen molar-refractivity contribution in [2.75, 3.05) is 12.4 Å². The molecule has 0 spiro atoms. The Morgan fingerprint density at radius 3 is 2.43 bits per heavy atom. The molecule has 0 heterocycles. The zero-order chi connectivity index (χ0) is 20.9. The third-order valence-electron chi connectivity index (χ3n) is 5.37. The van der Waals surface area contributed by atoms with Gasteiger partial charge in [0.1, 0.15) is 12.8 Å². The second-order valence-corrected chi connectivity index (χ2v) is 7.45.